The minimum Gasteiger partial charge on any atom is -0.508 e. The van der Waals surface area contributed by atoms with E-state index >= 15 is 0 Å². The molecule has 0 saturated carbocycles. The number of hydrogen-bond acceptors (Lipinski definition) is 5. The molecule has 0 amide bonds. The van der Waals surface area contributed by atoms with Gasteiger partial charge >= 0.3 is 0 Å². The second kappa shape index (κ2) is 8.38. The van der Waals surface area contributed by atoms with E-state index in [9.17, 15) is 15.0 Å². The van der Waals surface area contributed by atoms with Crippen molar-refractivity contribution in [3.05, 3.63) is 58.7 Å². The van der Waals surface area contributed by atoms with Crippen molar-refractivity contribution in [1.82, 2.24) is 0 Å². The lowest BCUT2D eigenvalue weighted by atomic mass is 9.91. The predicted molar refractivity (Wildman–Crippen MR) is 107 cm³/mol. The summed E-state index contributed by atoms with van der Waals surface area (Å²) >= 11 is 0. The summed E-state index contributed by atoms with van der Waals surface area (Å²) in [5, 5.41) is 20.2. The zero-order valence-corrected chi connectivity index (χ0v) is 16.5. The molecule has 1 unspecified atom stereocenters. The first-order chi connectivity index (χ1) is 13.4. The van der Waals surface area contributed by atoms with E-state index in [1.165, 1.54) is 6.07 Å². The molecule has 1 heterocycles. The van der Waals surface area contributed by atoms with Crippen LogP contribution in [0.15, 0.2) is 42.0 Å². The molecule has 1 aliphatic heterocycles. The Morgan fingerprint density at radius 3 is 2.61 bits per heavy atom. The van der Waals surface area contributed by atoms with Crippen LogP contribution in [0.1, 0.15) is 61.2 Å². The topological polar surface area (TPSA) is 76.0 Å². The number of Topliss-reactive ketones (excluding diaryl/α,β-unsaturated/α-hetero) is 1. The fourth-order valence-corrected chi connectivity index (χ4v) is 3.53. The monoisotopic (exact) mass is 382 g/mol. The molecule has 0 spiro atoms. The molecule has 0 radical (unpaired) electrons. The highest BCUT2D eigenvalue weighted by Crippen LogP contribution is 2.46. The van der Waals surface area contributed by atoms with Crippen LogP contribution in [0.5, 0.6) is 23.0 Å². The first-order valence-corrected chi connectivity index (χ1v) is 9.60. The van der Waals surface area contributed by atoms with Crippen LogP contribution >= 0.6 is 0 Å². The number of benzene rings is 2. The van der Waals surface area contributed by atoms with Crippen LogP contribution in [0.25, 0.3) is 0 Å². The van der Waals surface area contributed by atoms with Crippen molar-refractivity contribution in [1.29, 1.82) is 0 Å². The maximum absolute atomic E-state index is 13.0. The van der Waals surface area contributed by atoms with Gasteiger partial charge < -0.3 is 19.7 Å². The van der Waals surface area contributed by atoms with E-state index < -0.39 is 6.10 Å². The van der Waals surface area contributed by atoms with Gasteiger partial charge in [0.05, 0.1) is 13.0 Å². The zero-order chi connectivity index (χ0) is 20.3. The smallest absolute Gasteiger partial charge is 0.174 e. The Morgan fingerprint density at radius 1 is 1.25 bits per heavy atom. The third-order valence-corrected chi connectivity index (χ3v) is 4.81. The fourth-order valence-electron chi connectivity index (χ4n) is 3.53. The second-order valence-corrected chi connectivity index (χ2v) is 6.97. The standard InChI is InChI=1S/C23H26O5/c1-4-6-14(3)11-17-18(25)12-21(27-5-2)22-19(26)13-20(28-23(17)22)15-7-9-16(24)10-8-15/h6-10,12,20,24-25H,4-5,11,13H2,1-3H3. The molecule has 1 aliphatic rings. The summed E-state index contributed by atoms with van der Waals surface area (Å²) in [6.07, 6.45) is 3.16. The number of ketones is 1. The minimum absolute atomic E-state index is 0.0604. The molecule has 0 aromatic heterocycles. The maximum Gasteiger partial charge on any atom is 0.174 e. The van der Waals surface area contributed by atoms with Gasteiger partial charge in [-0.05, 0) is 38.0 Å². The largest absolute Gasteiger partial charge is 0.508 e. The van der Waals surface area contributed by atoms with Crippen molar-refractivity contribution in [2.24, 2.45) is 0 Å². The number of carbonyl (C=O) groups is 1. The van der Waals surface area contributed by atoms with Crippen molar-refractivity contribution in [2.45, 2.75) is 46.1 Å². The van der Waals surface area contributed by atoms with Gasteiger partial charge in [0.2, 0.25) is 0 Å². The highest BCUT2D eigenvalue weighted by atomic mass is 16.5. The number of aromatic hydroxyl groups is 2. The first kappa shape index (κ1) is 19.8. The van der Waals surface area contributed by atoms with Crippen molar-refractivity contribution in [3.8, 4) is 23.0 Å². The minimum atomic E-state index is -0.480. The lowest BCUT2D eigenvalue weighted by Gasteiger charge is -2.29. The lowest BCUT2D eigenvalue weighted by molar-refractivity contribution is 0.0840. The molecule has 2 N–H and O–H groups in total. The van der Waals surface area contributed by atoms with E-state index in [0.717, 1.165) is 17.6 Å². The summed E-state index contributed by atoms with van der Waals surface area (Å²) < 4.78 is 11.8. The van der Waals surface area contributed by atoms with Crippen molar-refractivity contribution >= 4 is 5.78 Å². The number of fused-ring (bicyclic) bond motifs is 1. The van der Waals surface area contributed by atoms with Gasteiger partial charge in [0.25, 0.3) is 0 Å². The molecule has 2 aromatic rings. The Morgan fingerprint density at radius 2 is 1.96 bits per heavy atom. The van der Waals surface area contributed by atoms with E-state index in [1.54, 1.807) is 24.3 Å². The number of rotatable bonds is 6. The molecule has 3 rings (SSSR count). The van der Waals surface area contributed by atoms with Crippen LogP contribution in [0.2, 0.25) is 0 Å². The molecule has 0 fully saturated rings. The Labute approximate surface area is 165 Å². The SMILES string of the molecule is CCC=C(C)Cc1c(O)cc(OCC)c2c1OC(c1ccc(O)cc1)CC2=O. The van der Waals surface area contributed by atoms with Gasteiger partial charge in [-0.15, -0.1) is 0 Å². The van der Waals surface area contributed by atoms with Gasteiger partial charge in [-0.1, -0.05) is 30.7 Å². The number of phenolic OH excluding ortho intramolecular Hbond substituents is 2. The van der Waals surface area contributed by atoms with E-state index in [2.05, 4.69) is 13.0 Å². The molecule has 0 saturated heterocycles. The second-order valence-electron chi connectivity index (χ2n) is 6.97. The Balaban J connectivity index is 2.09. The Kier molecular flexibility index (Phi) is 5.93. The number of carbonyl (C=O) groups excluding carboxylic acids is 1. The summed E-state index contributed by atoms with van der Waals surface area (Å²) in [4.78, 5) is 13.0. The average Bonchev–Trinajstić information content (AvgIpc) is 2.65. The normalized spacial score (nSPS) is 16.5. The summed E-state index contributed by atoms with van der Waals surface area (Å²) in [7, 11) is 0. The van der Waals surface area contributed by atoms with Gasteiger partial charge in [0, 0.05) is 18.1 Å². The van der Waals surface area contributed by atoms with Crippen molar-refractivity contribution in [3.63, 3.8) is 0 Å². The average molecular weight is 382 g/mol. The first-order valence-electron chi connectivity index (χ1n) is 9.60. The van der Waals surface area contributed by atoms with E-state index in [-0.39, 0.29) is 23.7 Å². The summed E-state index contributed by atoms with van der Waals surface area (Å²) in [6, 6.07) is 8.14. The van der Waals surface area contributed by atoms with Crippen LogP contribution < -0.4 is 9.47 Å². The molecule has 0 bridgehead atoms. The number of allylic oxidation sites excluding steroid dienone is 2. The molecule has 0 aliphatic carbocycles. The van der Waals surface area contributed by atoms with Crippen LogP contribution in [0, 0.1) is 0 Å². The molecule has 5 heteroatoms. The lowest BCUT2D eigenvalue weighted by Crippen LogP contribution is -2.22. The molecular weight excluding hydrogens is 356 g/mol. The number of ether oxygens (including phenoxy) is 2. The molecule has 28 heavy (non-hydrogen) atoms. The maximum atomic E-state index is 13.0. The Bertz CT molecular complexity index is 896. The zero-order valence-electron chi connectivity index (χ0n) is 16.5. The van der Waals surface area contributed by atoms with Gasteiger partial charge in [0.15, 0.2) is 5.78 Å². The molecule has 1 atom stereocenters. The van der Waals surface area contributed by atoms with Crippen LogP contribution in [0.4, 0.5) is 0 Å². The quantitative estimate of drug-likeness (QED) is 0.680. The molecule has 2 aromatic carbocycles. The van der Waals surface area contributed by atoms with Crippen LogP contribution in [-0.2, 0) is 6.42 Å². The highest BCUT2D eigenvalue weighted by Gasteiger charge is 2.34. The third kappa shape index (κ3) is 3.98. The molecule has 148 valence electrons. The third-order valence-electron chi connectivity index (χ3n) is 4.81. The van der Waals surface area contributed by atoms with Crippen LogP contribution in [0.3, 0.4) is 0 Å². The van der Waals surface area contributed by atoms with Gasteiger partial charge in [-0.25, -0.2) is 0 Å². The highest BCUT2D eigenvalue weighted by molar-refractivity contribution is 6.03. The van der Waals surface area contributed by atoms with E-state index in [0.29, 0.717) is 35.7 Å². The van der Waals surface area contributed by atoms with E-state index in [1.807, 2.05) is 13.8 Å². The predicted octanol–water partition coefficient (Wildman–Crippen LogP) is 5.10. The number of phenols is 2. The Hall–Kier alpha value is -2.95. The summed E-state index contributed by atoms with van der Waals surface area (Å²) in [5.41, 5.74) is 2.88. The van der Waals surface area contributed by atoms with Crippen molar-refractivity contribution < 1.29 is 24.5 Å². The van der Waals surface area contributed by atoms with E-state index in [4.69, 9.17) is 9.47 Å². The fraction of sp³-hybridized carbons (Fsp3) is 0.348. The summed E-state index contributed by atoms with van der Waals surface area (Å²) in [6.45, 7) is 6.26. The van der Waals surface area contributed by atoms with Gasteiger partial charge in [0.1, 0.15) is 34.7 Å². The van der Waals surface area contributed by atoms with Crippen LogP contribution in [-0.4, -0.2) is 22.6 Å². The number of hydrogen-bond donors (Lipinski definition) is 2. The van der Waals surface area contributed by atoms with Crippen molar-refractivity contribution in [2.75, 3.05) is 6.61 Å². The van der Waals surface area contributed by atoms with Gasteiger partial charge in [-0.3, -0.25) is 4.79 Å². The molecular formula is C23H26O5. The summed E-state index contributed by atoms with van der Waals surface area (Å²) in [5.74, 6) is 0.876. The van der Waals surface area contributed by atoms with Gasteiger partial charge in [-0.2, -0.15) is 0 Å². The molecule has 5 nitrogen and oxygen atoms in total.